The second-order valence-electron chi connectivity index (χ2n) is 6.84. The summed E-state index contributed by atoms with van der Waals surface area (Å²) in [5.41, 5.74) is 3.51. The molecule has 1 aliphatic rings. The van der Waals surface area contributed by atoms with E-state index in [4.69, 9.17) is 16.3 Å². The lowest BCUT2D eigenvalue weighted by molar-refractivity contribution is -0.116. The smallest absolute Gasteiger partial charge is 0.266 e. The number of methoxy groups -OCH3 is 1. The second kappa shape index (κ2) is 7.89. The highest BCUT2D eigenvalue weighted by Crippen LogP contribution is 2.45. The number of fused-ring (bicyclic) bond motifs is 1. The lowest BCUT2D eigenvalue weighted by atomic mass is 9.85. The van der Waals surface area contributed by atoms with E-state index in [1.54, 1.807) is 31.4 Å². The molecule has 0 bridgehead atoms. The lowest BCUT2D eigenvalue weighted by Crippen LogP contribution is -2.22. The molecule has 0 aliphatic carbocycles. The molecule has 1 aromatic heterocycles. The van der Waals surface area contributed by atoms with E-state index in [-0.39, 0.29) is 17.7 Å². The molecule has 4 rings (SSSR count). The van der Waals surface area contributed by atoms with E-state index < -0.39 is 0 Å². The minimum absolute atomic E-state index is 0.0640. The number of anilines is 2. The number of thiophene rings is 1. The predicted molar refractivity (Wildman–Crippen MR) is 117 cm³/mol. The summed E-state index contributed by atoms with van der Waals surface area (Å²) < 4.78 is 5.15. The van der Waals surface area contributed by atoms with Crippen LogP contribution in [0, 0.1) is 6.92 Å². The molecule has 0 spiro atoms. The van der Waals surface area contributed by atoms with Crippen molar-refractivity contribution in [1.29, 1.82) is 0 Å². The van der Waals surface area contributed by atoms with Gasteiger partial charge < -0.3 is 15.4 Å². The maximum Gasteiger partial charge on any atom is 0.266 e. The third-order valence-corrected chi connectivity index (χ3v) is 6.45. The number of carbonyl (C=O) groups excluding carboxylic acids is 2. The van der Waals surface area contributed by atoms with Crippen molar-refractivity contribution in [3.63, 3.8) is 0 Å². The first-order valence-corrected chi connectivity index (χ1v) is 10.3. The van der Waals surface area contributed by atoms with E-state index in [1.165, 1.54) is 11.3 Å². The molecule has 2 aromatic carbocycles. The summed E-state index contributed by atoms with van der Waals surface area (Å²) in [6.07, 6.45) is 0.324. The van der Waals surface area contributed by atoms with Gasteiger partial charge in [-0.2, -0.15) is 0 Å². The summed E-state index contributed by atoms with van der Waals surface area (Å²) in [5, 5.41) is 7.19. The fourth-order valence-electron chi connectivity index (χ4n) is 3.59. The standard InChI is InChI=1S/C22H19ClN2O3S/c1-12-19-17(13-4-3-5-14(23)10-13)11-18(26)25-22(19)29-20(12)21(27)24-15-6-8-16(28-2)9-7-15/h3-10,17H,11H2,1-2H3,(H,24,27)(H,25,26). The van der Waals surface area contributed by atoms with E-state index in [1.807, 2.05) is 31.2 Å². The first-order chi connectivity index (χ1) is 14.0. The topological polar surface area (TPSA) is 67.4 Å². The van der Waals surface area contributed by atoms with Crippen LogP contribution < -0.4 is 15.4 Å². The molecular formula is C22H19ClN2O3S. The van der Waals surface area contributed by atoms with Crippen LogP contribution in [0.2, 0.25) is 5.02 Å². The first kappa shape index (κ1) is 19.5. The molecule has 0 saturated heterocycles. The van der Waals surface area contributed by atoms with Crippen molar-refractivity contribution in [1.82, 2.24) is 0 Å². The highest BCUT2D eigenvalue weighted by molar-refractivity contribution is 7.18. The van der Waals surface area contributed by atoms with Crippen molar-refractivity contribution >= 4 is 45.4 Å². The fraction of sp³-hybridized carbons (Fsp3) is 0.182. The lowest BCUT2D eigenvalue weighted by Gasteiger charge is -2.24. The Kier molecular flexibility index (Phi) is 5.30. The largest absolute Gasteiger partial charge is 0.497 e. The van der Waals surface area contributed by atoms with Gasteiger partial charge in [0, 0.05) is 23.0 Å². The van der Waals surface area contributed by atoms with Gasteiger partial charge in [-0.05, 0) is 60.0 Å². The number of ether oxygens (including phenoxy) is 1. The molecule has 2 N–H and O–H groups in total. The van der Waals surface area contributed by atoms with E-state index >= 15 is 0 Å². The van der Waals surface area contributed by atoms with Gasteiger partial charge in [-0.25, -0.2) is 0 Å². The van der Waals surface area contributed by atoms with Crippen LogP contribution in [0.5, 0.6) is 5.75 Å². The van der Waals surface area contributed by atoms with Crippen molar-refractivity contribution < 1.29 is 14.3 Å². The molecule has 5 nitrogen and oxygen atoms in total. The van der Waals surface area contributed by atoms with Crippen LogP contribution >= 0.6 is 22.9 Å². The molecule has 1 unspecified atom stereocenters. The molecule has 7 heteroatoms. The Morgan fingerprint density at radius 1 is 1.24 bits per heavy atom. The zero-order valence-electron chi connectivity index (χ0n) is 15.9. The molecule has 0 radical (unpaired) electrons. The number of hydrogen-bond donors (Lipinski definition) is 2. The minimum Gasteiger partial charge on any atom is -0.497 e. The van der Waals surface area contributed by atoms with Crippen LogP contribution in [-0.2, 0) is 4.79 Å². The number of halogens is 1. The van der Waals surface area contributed by atoms with Crippen molar-refractivity contribution in [2.75, 3.05) is 17.7 Å². The Hall–Kier alpha value is -2.83. The van der Waals surface area contributed by atoms with Crippen LogP contribution in [0.4, 0.5) is 10.7 Å². The molecule has 0 fully saturated rings. The van der Waals surface area contributed by atoms with E-state index in [2.05, 4.69) is 10.6 Å². The van der Waals surface area contributed by atoms with E-state index in [9.17, 15) is 9.59 Å². The zero-order valence-corrected chi connectivity index (χ0v) is 17.5. The number of hydrogen-bond acceptors (Lipinski definition) is 4. The van der Waals surface area contributed by atoms with Gasteiger partial charge >= 0.3 is 0 Å². The number of carbonyl (C=O) groups is 2. The van der Waals surface area contributed by atoms with E-state index in [0.717, 1.165) is 27.4 Å². The fourth-order valence-corrected chi connectivity index (χ4v) is 4.97. The zero-order chi connectivity index (χ0) is 20.5. The SMILES string of the molecule is COc1ccc(NC(=O)c2sc3c(c2C)C(c2cccc(Cl)c2)CC(=O)N3)cc1. The van der Waals surface area contributed by atoms with Gasteiger partial charge in [0.1, 0.15) is 5.75 Å². The van der Waals surface area contributed by atoms with Gasteiger partial charge in [0.25, 0.3) is 5.91 Å². The Bertz CT molecular complexity index is 1090. The molecule has 1 aliphatic heterocycles. The average molecular weight is 427 g/mol. The molecule has 0 saturated carbocycles. The third-order valence-electron chi connectivity index (χ3n) is 4.99. The summed E-state index contributed by atoms with van der Waals surface area (Å²) in [4.78, 5) is 25.8. The molecule has 2 heterocycles. The summed E-state index contributed by atoms with van der Waals surface area (Å²) >= 11 is 7.47. The van der Waals surface area contributed by atoms with Crippen LogP contribution in [0.15, 0.2) is 48.5 Å². The summed E-state index contributed by atoms with van der Waals surface area (Å²) in [5.74, 6) is 0.325. The summed E-state index contributed by atoms with van der Waals surface area (Å²) in [7, 11) is 1.59. The number of amides is 2. The van der Waals surface area contributed by atoms with Crippen molar-refractivity contribution in [3.05, 3.63) is 75.1 Å². The monoisotopic (exact) mass is 426 g/mol. The van der Waals surface area contributed by atoms with Gasteiger partial charge in [-0.3, -0.25) is 9.59 Å². The Balaban J connectivity index is 1.67. The predicted octanol–water partition coefficient (Wildman–Crippen LogP) is 5.44. The molecule has 148 valence electrons. The van der Waals surface area contributed by atoms with Crippen LogP contribution in [0.3, 0.4) is 0 Å². The van der Waals surface area contributed by atoms with Gasteiger partial charge in [0.05, 0.1) is 17.0 Å². The Labute approximate surface area is 177 Å². The van der Waals surface area contributed by atoms with Crippen LogP contribution in [-0.4, -0.2) is 18.9 Å². The maximum atomic E-state index is 12.9. The van der Waals surface area contributed by atoms with Crippen LogP contribution in [0.25, 0.3) is 0 Å². The highest BCUT2D eigenvalue weighted by Gasteiger charge is 2.32. The summed E-state index contributed by atoms with van der Waals surface area (Å²) in [6, 6.07) is 14.7. The quantitative estimate of drug-likeness (QED) is 0.583. The maximum absolute atomic E-state index is 12.9. The van der Waals surface area contributed by atoms with Crippen LogP contribution in [0.1, 0.15) is 38.7 Å². The highest BCUT2D eigenvalue weighted by atomic mass is 35.5. The van der Waals surface area contributed by atoms with Crippen molar-refractivity contribution in [2.45, 2.75) is 19.3 Å². The second-order valence-corrected chi connectivity index (χ2v) is 8.30. The van der Waals surface area contributed by atoms with E-state index in [0.29, 0.717) is 22.0 Å². The first-order valence-electron chi connectivity index (χ1n) is 9.10. The average Bonchev–Trinajstić information content (AvgIpc) is 3.04. The summed E-state index contributed by atoms with van der Waals surface area (Å²) in [6.45, 7) is 1.92. The van der Waals surface area contributed by atoms with Gasteiger partial charge in [-0.1, -0.05) is 23.7 Å². The Morgan fingerprint density at radius 2 is 2.00 bits per heavy atom. The molecule has 29 heavy (non-hydrogen) atoms. The van der Waals surface area contributed by atoms with Gasteiger partial charge in [0.15, 0.2) is 0 Å². The number of rotatable bonds is 4. The van der Waals surface area contributed by atoms with Crippen molar-refractivity contribution in [3.8, 4) is 5.75 Å². The van der Waals surface area contributed by atoms with Gasteiger partial charge in [-0.15, -0.1) is 11.3 Å². The number of benzene rings is 2. The van der Waals surface area contributed by atoms with Crippen molar-refractivity contribution in [2.24, 2.45) is 0 Å². The molecule has 1 atom stereocenters. The molecular weight excluding hydrogens is 408 g/mol. The third kappa shape index (κ3) is 3.86. The molecule has 2 amide bonds. The Morgan fingerprint density at radius 3 is 2.69 bits per heavy atom. The van der Waals surface area contributed by atoms with Gasteiger partial charge in [0.2, 0.25) is 5.91 Å². The minimum atomic E-state index is -0.203. The number of nitrogens with one attached hydrogen (secondary N) is 2. The normalized spacial score (nSPS) is 15.4. The molecule has 3 aromatic rings.